The third kappa shape index (κ3) is 6.23. The van der Waals surface area contributed by atoms with Crippen LogP contribution in [0.1, 0.15) is 18.2 Å². The number of nitrogens with two attached hydrogens (primary N) is 1. The summed E-state index contributed by atoms with van der Waals surface area (Å²) in [6.45, 7) is 3.74. The summed E-state index contributed by atoms with van der Waals surface area (Å²) in [5.74, 6) is 7.44. The molecular formula is C26H23ClN6O2. The van der Waals surface area contributed by atoms with Gasteiger partial charge in [-0.3, -0.25) is 9.78 Å². The second kappa shape index (κ2) is 10.8. The van der Waals surface area contributed by atoms with Crippen molar-refractivity contribution in [3.8, 4) is 23.3 Å². The lowest BCUT2D eigenvalue weighted by molar-refractivity contribution is -0.121. The van der Waals surface area contributed by atoms with E-state index in [1.807, 2.05) is 43.3 Å². The van der Waals surface area contributed by atoms with Crippen molar-refractivity contribution >= 4 is 39.9 Å². The second-order valence-corrected chi connectivity index (χ2v) is 8.18. The van der Waals surface area contributed by atoms with Crippen LogP contribution in [-0.2, 0) is 4.79 Å². The van der Waals surface area contributed by atoms with E-state index in [0.29, 0.717) is 22.3 Å². The van der Waals surface area contributed by atoms with Gasteiger partial charge in [0.25, 0.3) is 0 Å². The number of nitrogens with one attached hydrogen (secondary N) is 2. The normalized spacial score (nSPS) is 11.3. The van der Waals surface area contributed by atoms with Crippen LogP contribution in [0.2, 0.25) is 5.02 Å². The lowest BCUT2D eigenvalue weighted by Gasteiger charge is -2.12. The summed E-state index contributed by atoms with van der Waals surface area (Å²) in [4.78, 5) is 24.5. The minimum Gasteiger partial charge on any atom is -0.454 e. The summed E-state index contributed by atoms with van der Waals surface area (Å²) in [6, 6.07) is 14.1. The van der Waals surface area contributed by atoms with E-state index < -0.39 is 6.04 Å². The number of rotatable bonds is 6. The first-order valence-corrected chi connectivity index (χ1v) is 11.2. The minimum absolute atomic E-state index is 0.209. The fourth-order valence-electron chi connectivity index (χ4n) is 3.11. The van der Waals surface area contributed by atoms with Crippen molar-refractivity contribution in [1.29, 1.82) is 0 Å². The molecule has 4 rings (SSSR count). The van der Waals surface area contributed by atoms with Gasteiger partial charge in [0.05, 0.1) is 29.3 Å². The molecule has 176 valence electrons. The minimum atomic E-state index is -0.572. The molecule has 1 atom stereocenters. The van der Waals surface area contributed by atoms with Gasteiger partial charge in [0.2, 0.25) is 5.91 Å². The Kier molecular flexibility index (Phi) is 7.41. The molecule has 0 bridgehead atoms. The molecule has 2 aromatic carbocycles. The Morgan fingerprint density at radius 3 is 2.74 bits per heavy atom. The van der Waals surface area contributed by atoms with Crippen LogP contribution in [0.3, 0.4) is 0 Å². The first kappa shape index (κ1) is 24.0. The molecule has 0 aliphatic heterocycles. The van der Waals surface area contributed by atoms with Crippen molar-refractivity contribution in [2.45, 2.75) is 19.9 Å². The van der Waals surface area contributed by atoms with Crippen LogP contribution in [-0.4, -0.2) is 33.4 Å². The van der Waals surface area contributed by atoms with Crippen LogP contribution in [0.15, 0.2) is 61.1 Å². The number of pyridine rings is 1. The number of nitrogens with zero attached hydrogens (tertiary/aromatic N) is 3. The van der Waals surface area contributed by atoms with Gasteiger partial charge in [-0.2, -0.15) is 0 Å². The highest BCUT2D eigenvalue weighted by Crippen LogP contribution is 2.33. The van der Waals surface area contributed by atoms with E-state index in [-0.39, 0.29) is 12.5 Å². The number of hydrogen-bond acceptors (Lipinski definition) is 7. The van der Waals surface area contributed by atoms with Crippen LogP contribution >= 0.6 is 11.6 Å². The third-order valence-corrected chi connectivity index (χ3v) is 5.23. The number of hydrogen-bond donors (Lipinski definition) is 3. The van der Waals surface area contributed by atoms with Crippen LogP contribution in [0.25, 0.3) is 10.9 Å². The summed E-state index contributed by atoms with van der Waals surface area (Å²) in [5.41, 5.74) is 8.69. The van der Waals surface area contributed by atoms with Gasteiger partial charge >= 0.3 is 0 Å². The average molecular weight is 487 g/mol. The molecule has 0 aliphatic carbocycles. The van der Waals surface area contributed by atoms with Gasteiger partial charge in [-0.15, -0.1) is 0 Å². The van der Waals surface area contributed by atoms with Gasteiger partial charge < -0.3 is 21.1 Å². The van der Waals surface area contributed by atoms with Crippen LogP contribution in [0.4, 0.5) is 11.5 Å². The fraction of sp³-hybridized carbons (Fsp3) is 0.154. The highest BCUT2D eigenvalue weighted by Gasteiger charge is 2.09. The second-order valence-electron chi connectivity index (χ2n) is 7.77. The lowest BCUT2D eigenvalue weighted by atomic mass is 10.1. The number of amides is 1. The maximum atomic E-state index is 11.5. The zero-order valence-electron chi connectivity index (χ0n) is 19.2. The van der Waals surface area contributed by atoms with Crippen molar-refractivity contribution in [2.24, 2.45) is 5.73 Å². The molecule has 4 N–H and O–H groups in total. The van der Waals surface area contributed by atoms with Crippen LogP contribution in [0.5, 0.6) is 11.5 Å². The molecule has 0 aliphatic rings. The van der Waals surface area contributed by atoms with Crippen LogP contribution < -0.4 is 21.1 Å². The number of aryl methyl sites for hydroxylation is 1. The Hall–Kier alpha value is -4.19. The summed E-state index contributed by atoms with van der Waals surface area (Å²) < 4.78 is 5.83. The monoisotopic (exact) mass is 486 g/mol. The number of benzene rings is 2. The number of carbonyl (C=O) groups excluding carboxylic acids is 1. The van der Waals surface area contributed by atoms with Gasteiger partial charge in [-0.25, -0.2) is 9.97 Å². The molecule has 2 heterocycles. The predicted molar refractivity (Wildman–Crippen MR) is 137 cm³/mol. The van der Waals surface area contributed by atoms with Gasteiger partial charge in [-0.05, 0) is 62.4 Å². The molecule has 9 heteroatoms. The zero-order valence-corrected chi connectivity index (χ0v) is 19.9. The Balaban J connectivity index is 1.51. The molecular weight excluding hydrogens is 464 g/mol. The number of ether oxygens (including phenoxy) is 1. The maximum absolute atomic E-state index is 11.5. The maximum Gasteiger partial charge on any atom is 0.237 e. The molecule has 8 nitrogen and oxygen atoms in total. The van der Waals surface area contributed by atoms with E-state index in [2.05, 4.69) is 37.4 Å². The molecule has 0 spiro atoms. The van der Waals surface area contributed by atoms with Crippen LogP contribution in [0, 0.1) is 18.8 Å². The third-order valence-electron chi connectivity index (χ3n) is 4.94. The number of fused-ring (bicyclic) bond motifs is 1. The first-order chi connectivity index (χ1) is 16.9. The van der Waals surface area contributed by atoms with Crippen molar-refractivity contribution < 1.29 is 9.53 Å². The first-order valence-electron chi connectivity index (χ1n) is 10.8. The Morgan fingerprint density at radius 1 is 1.14 bits per heavy atom. The number of halogens is 1. The average Bonchev–Trinajstić information content (AvgIpc) is 2.85. The topological polar surface area (TPSA) is 115 Å². The fourth-order valence-corrected chi connectivity index (χ4v) is 3.33. The zero-order chi connectivity index (χ0) is 24.8. The number of carbonyl (C=O) groups is 1. The van der Waals surface area contributed by atoms with E-state index >= 15 is 0 Å². The summed E-state index contributed by atoms with van der Waals surface area (Å²) in [7, 11) is 0. The largest absolute Gasteiger partial charge is 0.454 e. The van der Waals surface area contributed by atoms with Crippen molar-refractivity contribution in [2.75, 3.05) is 11.9 Å². The highest BCUT2D eigenvalue weighted by molar-refractivity contribution is 6.32. The lowest BCUT2D eigenvalue weighted by Crippen LogP contribution is -2.38. The number of anilines is 2. The van der Waals surface area contributed by atoms with Gasteiger partial charge in [0, 0.05) is 22.3 Å². The summed E-state index contributed by atoms with van der Waals surface area (Å²) >= 11 is 6.46. The van der Waals surface area contributed by atoms with E-state index in [0.717, 1.165) is 27.8 Å². The molecule has 0 saturated heterocycles. The highest BCUT2D eigenvalue weighted by atomic mass is 35.5. The Labute approximate surface area is 207 Å². The summed E-state index contributed by atoms with van der Waals surface area (Å²) in [5, 5.41) is 7.18. The smallest absolute Gasteiger partial charge is 0.237 e. The quantitative estimate of drug-likeness (QED) is 0.347. The molecule has 35 heavy (non-hydrogen) atoms. The molecule has 0 unspecified atom stereocenters. The predicted octanol–water partition coefficient (Wildman–Crippen LogP) is 4.34. The molecule has 0 fully saturated rings. The molecule has 2 aromatic heterocycles. The molecule has 0 radical (unpaired) electrons. The van der Waals surface area contributed by atoms with Gasteiger partial charge in [-0.1, -0.05) is 23.4 Å². The number of aromatic nitrogens is 3. The van der Waals surface area contributed by atoms with E-state index in [1.165, 1.54) is 6.33 Å². The van der Waals surface area contributed by atoms with E-state index in [9.17, 15) is 4.79 Å². The molecule has 4 aromatic rings. The van der Waals surface area contributed by atoms with E-state index in [1.54, 1.807) is 25.3 Å². The summed E-state index contributed by atoms with van der Waals surface area (Å²) in [6.07, 6.45) is 3.14. The SMILES string of the molecule is Cc1ccc(Oc2ccc(Nc3ncnc4ccc(C#CCNC(=O)[C@@H](C)N)cc34)cc2Cl)cn1. The molecule has 1 amide bonds. The van der Waals surface area contributed by atoms with Gasteiger partial charge in [0.1, 0.15) is 23.6 Å². The molecule has 0 saturated carbocycles. The van der Waals surface area contributed by atoms with Crippen molar-refractivity contribution in [3.63, 3.8) is 0 Å². The van der Waals surface area contributed by atoms with E-state index in [4.69, 9.17) is 22.1 Å². The van der Waals surface area contributed by atoms with Crippen molar-refractivity contribution in [3.05, 3.63) is 77.3 Å². The Bertz CT molecular complexity index is 1430. The van der Waals surface area contributed by atoms with Gasteiger partial charge in [0.15, 0.2) is 0 Å². The Morgan fingerprint density at radius 2 is 2.00 bits per heavy atom. The standard InChI is InChI=1S/C26H23ClN6O2/c1-16-5-8-20(14-30-16)35-24-10-7-19(13-22(24)27)33-25-21-12-18(6-9-23(21)31-15-32-25)4-3-11-29-26(34)17(2)28/h5-10,12-15,17H,11,28H2,1-2H3,(H,29,34)(H,31,32,33)/t17-/m1/s1. The van der Waals surface area contributed by atoms with Crippen molar-refractivity contribution in [1.82, 2.24) is 20.3 Å².